The molecule has 0 saturated carbocycles. The second-order valence-electron chi connectivity index (χ2n) is 5.23. The van der Waals surface area contributed by atoms with E-state index in [1.165, 1.54) is 0 Å². The summed E-state index contributed by atoms with van der Waals surface area (Å²) >= 11 is 6.07. The summed E-state index contributed by atoms with van der Waals surface area (Å²) in [5.41, 5.74) is 8.74. The van der Waals surface area contributed by atoms with Gasteiger partial charge in [0.15, 0.2) is 11.5 Å². The van der Waals surface area contributed by atoms with Gasteiger partial charge < -0.3 is 20.5 Å². The van der Waals surface area contributed by atoms with Crippen LogP contribution in [-0.2, 0) is 0 Å². The average molecular weight is 357 g/mol. The van der Waals surface area contributed by atoms with Crippen molar-refractivity contribution in [2.75, 3.05) is 25.3 Å². The molecule has 0 saturated heterocycles. The SMILES string of the molecule is COc1ccc(Nc2nccc(-c3cc(N)cc(Cl)c3)n2)cc1OC. The first-order chi connectivity index (χ1) is 12.1. The van der Waals surface area contributed by atoms with Crippen molar-refractivity contribution in [1.29, 1.82) is 0 Å². The highest BCUT2D eigenvalue weighted by molar-refractivity contribution is 6.31. The molecule has 0 bridgehead atoms. The second kappa shape index (κ2) is 7.27. The maximum absolute atomic E-state index is 6.07. The number of benzene rings is 2. The van der Waals surface area contributed by atoms with E-state index in [1.54, 1.807) is 38.6 Å². The summed E-state index contributed by atoms with van der Waals surface area (Å²) in [5.74, 6) is 1.71. The average Bonchev–Trinajstić information content (AvgIpc) is 2.61. The Labute approximate surface area is 150 Å². The van der Waals surface area contributed by atoms with Crippen LogP contribution in [0, 0.1) is 0 Å². The zero-order valence-electron chi connectivity index (χ0n) is 13.8. The largest absolute Gasteiger partial charge is 0.493 e. The number of aromatic nitrogens is 2. The molecule has 3 rings (SSSR count). The lowest BCUT2D eigenvalue weighted by atomic mass is 10.1. The highest BCUT2D eigenvalue weighted by atomic mass is 35.5. The summed E-state index contributed by atoms with van der Waals surface area (Å²) in [6.07, 6.45) is 1.67. The molecule has 0 spiro atoms. The highest BCUT2D eigenvalue weighted by Crippen LogP contribution is 2.31. The van der Waals surface area contributed by atoms with Gasteiger partial charge in [0.1, 0.15) is 0 Å². The molecule has 0 atom stereocenters. The topological polar surface area (TPSA) is 82.3 Å². The predicted molar refractivity (Wildman–Crippen MR) is 99.7 cm³/mol. The number of halogens is 1. The van der Waals surface area contributed by atoms with Crippen LogP contribution in [-0.4, -0.2) is 24.2 Å². The normalized spacial score (nSPS) is 10.4. The molecule has 25 heavy (non-hydrogen) atoms. The first-order valence-corrected chi connectivity index (χ1v) is 7.85. The van der Waals surface area contributed by atoms with Gasteiger partial charge in [0.2, 0.25) is 5.95 Å². The van der Waals surface area contributed by atoms with Gasteiger partial charge in [-0.2, -0.15) is 0 Å². The maximum Gasteiger partial charge on any atom is 0.227 e. The van der Waals surface area contributed by atoms with Crippen LogP contribution in [0.2, 0.25) is 5.02 Å². The van der Waals surface area contributed by atoms with Crippen molar-refractivity contribution in [2.24, 2.45) is 0 Å². The summed E-state index contributed by atoms with van der Waals surface area (Å²) in [4.78, 5) is 8.75. The van der Waals surface area contributed by atoms with Gasteiger partial charge in [0, 0.05) is 34.2 Å². The lowest BCUT2D eigenvalue weighted by Crippen LogP contribution is -1.99. The van der Waals surface area contributed by atoms with E-state index in [2.05, 4.69) is 15.3 Å². The summed E-state index contributed by atoms with van der Waals surface area (Å²) in [6.45, 7) is 0. The van der Waals surface area contributed by atoms with E-state index in [1.807, 2.05) is 24.3 Å². The Kier molecular flexibility index (Phi) is 4.90. The lowest BCUT2D eigenvalue weighted by Gasteiger charge is -2.11. The van der Waals surface area contributed by atoms with Crippen LogP contribution >= 0.6 is 11.6 Å². The van der Waals surface area contributed by atoms with E-state index in [9.17, 15) is 0 Å². The molecular formula is C18H17ClN4O2. The standard InChI is InChI=1S/C18H17ClN4O2/c1-24-16-4-3-14(10-17(16)25-2)22-18-21-6-5-15(23-18)11-7-12(19)9-13(20)8-11/h3-10H,20H2,1-2H3,(H,21,22,23). The molecule has 3 aromatic rings. The Hall–Kier alpha value is -2.99. The van der Waals surface area contributed by atoms with Crippen LogP contribution in [0.1, 0.15) is 0 Å². The summed E-state index contributed by atoms with van der Waals surface area (Å²) in [6, 6.07) is 12.6. The molecule has 0 aliphatic carbocycles. The molecule has 1 aromatic heterocycles. The van der Waals surface area contributed by atoms with Crippen molar-refractivity contribution in [2.45, 2.75) is 0 Å². The van der Waals surface area contributed by atoms with Gasteiger partial charge in [-0.05, 0) is 36.4 Å². The van der Waals surface area contributed by atoms with Gasteiger partial charge in [-0.15, -0.1) is 0 Å². The third kappa shape index (κ3) is 3.92. The van der Waals surface area contributed by atoms with Gasteiger partial charge in [-0.1, -0.05) is 11.6 Å². The maximum atomic E-state index is 6.07. The quantitative estimate of drug-likeness (QED) is 0.668. The van der Waals surface area contributed by atoms with Gasteiger partial charge >= 0.3 is 0 Å². The number of methoxy groups -OCH3 is 2. The van der Waals surface area contributed by atoms with E-state index < -0.39 is 0 Å². The van der Waals surface area contributed by atoms with Gasteiger partial charge in [0.05, 0.1) is 19.9 Å². The number of nitrogen functional groups attached to an aromatic ring is 1. The van der Waals surface area contributed by atoms with E-state index in [4.69, 9.17) is 26.8 Å². The number of rotatable bonds is 5. The Morgan fingerprint density at radius 2 is 1.80 bits per heavy atom. The molecule has 128 valence electrons. The van der Waals surface area contributed by atoms with Gasteiger partial charge in [-0.25, -0.2) is 9.97 Å². The number of anilines is 3. The van der Waals surface area contributed by atoms with Crippen LogP contribution in [0.25, 0.3) is 11.3 Å². The Morgan fingerprint density at radius 3 is 2.52 bits per heavy atom. The first kappa shape index (κ1) is 16.9. The van der Waals surface area contributed by atoms with Crippen molar-refractivity contribution >= 4 is 28.9 Å². The van der Waals surface area contributed by atoms with E-state index in [0.717, 1.165) is 11.3 Å². The fourth-order valence-electron chi connectivity index (χ4n) is 2.38. The molecule has 0 amide bonds. The summed E-state index contributed by atoms with van der Waals surface area (Å²) < 4.78 is 10.5. The molecule has 0 fully saturated rings. The summed E-state index contributed by atoms with van der Waals surface area (Å²) in [5, 5.41) is 3.71. The molecule has 6 nitrogen and oxygen atoms in total. The third-order valence-corrected chi connectivity index (χ3v) is 3.73. The monoisotopic (exact) mass is 356 g/mol. The highest BCUT2D eigenvalue weighted by Gasteiger charge is 2.08. The number of nitrogens with zero attached hydrogens (tertiary/aromatic N) is 2. The van der Waals surface area contributed by atoms with Crippen LogP contribution in [0.5, 0.6) is 11.5 Å². The Morgan fingerprint density at radius 1 is 1.00 bits per heavy atom. The zero-order valence-corrected chi connectivity index (χ0v) is 14.5. The van der Waals surface area contributed by atoms with Crippen molar-refractivity contribution in [3.63, 3.8) is 0 Å². The molecular weight excluding hydrogens is 340 g/mol. The zero-order chi connectivity index (χ0) is 17.8. The molecule has 0 unspecified atom stereocenters. The van der Waals surface area contributed by atoms with Gasteiger partial charge in [-0.3, -0.25) is 0 Å². The van der Waals surface area contributed by atoms with E-state index in [-0.39, 0.29) is 0 Å². The molecule has 7 heteroatoms. The van der Waals surface area contributed by atoms with Crippen molar-refractivity contribution in [3.8, 4) is 22.8 Å². The van der Waals surface area contributed by atoms with Crippen molar-refractivity contribution in [1.82, 2.24) is 9.97 Å². The lowest BCUT2D eigenvalue weighted by molar-refractivity contribution is 0.355. The number of hydrogen-bond acceptors (Lipinski definition) is 6. The number of nitrogens with one attached hydrogen (secondary N) is 1. The van der Waals surface area contributed by atoms with Crippen LogP contribution in [0.15, 0.2) is 48.7 Å². The summed E-state index contributed by atoms with van der Waals surface area (Å²) in [7, 11) is 3.18. The van der Waals surface area contributed by atoms with Gasteiger partial charge in [0.25, 0.3) is 0 Å². The number of ether oxygens (including phenoxy) is 2. The Balaban J connectivity index is 1.89. The predicted octanol–water partition coefficient (Wildman–Crippen LogP) is 4.14. The van der Waals surface area contributed by atoms with Crippen LogP contribution < -0.4 is 20.5 Å². The minimum absolute atomic E-state index is 0.447. The molecule has 0 radical (unpaired) electrons. The minimum atomic E-state index is 0.447. The molecule has 0 aliphatic heterocycles. The fraction of sp³-hybridized carbons (Fsp3) is 0.111. The molecule has 0 aliphatic rings. The fourth-order valence-corrected chi connectivity index (χ4v) is 2.63. The number of nitrogens with two attached hydrogens (primary N) is 1. The number of hydrogen-bond donors (Lipinski definition) is 2. The van der Waals surface area contributed by atoms with Crippen molar-refractivity contribution in [3.05, 3.63) is 53.7 Å². The van der Waals surface area contributed by atoms with Crippen molar-refractivity contribution < 1.29 is 9.47 Å². The van der Waals surface area contributed by atoms with Crippen LogP contribution in [0.4, 0.5) is 17.3 Å². The second-order valence-corrected chi connectivity index (χ2v) is 5.67. The van der Waals surface area contributed by atoms with E-state index >= 15 is 0 Å². The van der Waals surface area contributed by atoms with E-state index in [0.29, 0.717) is 33.9 Å². The molecule has 1 heterocycles. The molecule has 2 aromatic carbocycles. The third-order valence-electron chi connectivity index (χ3n) is 3.51. The molecule has 3 N–H and O–H groups in total. The smallest absolute Gasteiger partial charge is 0.227 e. The van der Waals surface area contributed by atoms with Crippen LogP contribution in [0.3, 0.4) is 0 Å². The Bertz CT molecular complexity index is 882. The first-order valence-electron chi connectivity index (χ1n) is 7.47. The minimum Gasteiger partial charge on any atom is -0.493 e.